The van der Waals surface area contributed by atoms with E-state index in [9.17, 15) is 5.11 Å². The van der Waals surface area contributed by atoms with Crippen molar-refractivity contribution in [3.8, 4) is 0 Å². The predicted molar refractivity (Wildman–Crippen MR) is 64.1 cm³/mol. The second kappa shape index (κ2) is 5.03. The van der Waals surface area contributed by atoms with Gasteiger partial charge in [-0.2, -0.15) is 0 Å². The molecule has 0 heterocycles. The van der Waals surface area contributed by atoms with Crippen LogP contribution in [0.1, 0.15) is 45.4 Å². The van der Waals surface area contributed by atoms with Crippen LogP contribution in [0.5, 0.6) is 0 Å². The molecule has 2 rings (SSSR count). The first-order valence-electron chi connectivity index (χ1n) is 6.68. The largest absolute Gasteiger partial charge is 0.386 e. The Labute approximate surface area is 98.4 Å². The maximum absolute atomic E-state index is 10.3. The van der Waals surface area contributed by atoms with Crippen LogP contribution in [0.2, 0.25) is 0 Å². The first kappa shape index (κ1) is 12.3. The smallest absolute Gasteiger partial charge is 0.103 e. The molecule has 2 aliphatic carbocycles. The van der Waals surface area contributed by atoms with E-state index in [4.69, 9.17) is 10.5 Å². The number of rotatable bonds is 5. The number of aliphatic hydroxyl groups is 1. The van der Waals surface area contributed by atoms with Gasteiger partial charge in [-0.25, -0.2) is 0 Å². The van der Waals surface area contributed by atoms with Crippen molar-refractivity contribution in [1.29, 1.82) is 0 Å². The standard InChI is InChI=1S/C13H25NO2/c1-10-2-6-12(7-3-10)16-9-13(15,8-14)11-4-5-11/h10-12,15H,2-9,14H2,1H3. The summed E-state index contributed by atoms with van der Waals surface area (Å²) in [4.78, 5) is 0. The monoisotopic (exact) mass is 227 g/mol. The summed E-state index contributed by atoms with van der Waals surface area (Å²) in [5.74, 6) is 1.23. The van der Waals surface area contributed by atoms with Crippen LogP contribution >= 0.6 is 0 Å². The molecule has 0 aliphatic heterocycles. The first-order chi connectivity index (χ1) is 7.64. The molecule has 16 heavy (non-hydrogen) atoms. The van der Waals surface area contributed by atoms with Crippen LogP contribution < -0.4 is 5.73 Å². The molecule has 2 saturated carbocycles. The van der Waals surface area contributed by atoms with Gasteiger partial charge in [0.15, 0.2) is 0 Å². The molecular weight excluding hydrogens is 202 g/mol. The van der Waals surface area contributed by atoms with E-state index < -0.39 is 5.60 Å². The molecule has 0 aromatic carbocycles. The molecule has 3 N–H and O–H groups in total. The lowest BCUT2D eigenvalue weighted by molar-refractivity contribution is -0.0892. The maximum Gasteiger partial charge on any atom is 0.103 e. The van der Waals surface area contributed by atoms with Crippen LogP contribution in [0.15, 0.2) is 0 Å². The summed E-state index contributed by atoms with van der Waals surface area (Å²) >= 11 is 0. The van der Waals surface area contributed by atoms with Gasteiger partial charge in [0.25, 0.3) is 0 Å². The molecule has 0 aromatic rings. The van der Waals surface area contributed by atoms with Gasteiger partial charge < -0.3 is 15.6 Å². The van der Waals surface area contributed by atoms with Crippen molar-refractivity contribution < 1.29 is 9.84 Å². The molecule has 0 amide bonds. The Kier molecular flexibility index (Phi) is 3.88. The molecule has 0 bridgehead atoms. The van der Waals surface area contributed by atoms with Gasteiger partial charge in [0, 0.05) is 6.54 Å². The van der Waals surface area contributed by atoms with E-state index in [1.807, 2.05) is 0 Å². The van der Waals surface area contributed by atoms with Crippen LogP contribution in [0.25, 0.3) is 0 Å². The molecule has 2 aliphatic rings. The van der Waals surface area contributed by atoms with E-state index in [0.29, 0.717) is 25.2 Å². The highest BCUT2D eigenvalue weighted by molar-refractivity contribution is 4.95. The van der Waals surface area contributed by atoms with Crippen LogP contribution in [0.4, 0.5) is 0 Å². The van der Waals surface area contributed by atoms with Gasteiger partial charge in [-0.3, -0.25) is 0 Å². The zero-order valence-electron chi connectivity index (χ0n) is 10.3. The highest BCUT2D eigenvalue weighted by Gasteiger charge is 2.43. The summed E-state index contributed by atoms with van der Waals surface area (Å²) in [7, 11) is 0. The molecule has 0 saturated heterocycles. The third kappa shape index (κ3) is 2.96. The van der Waals surface area contributed by atoms with Crippen LogP contribution in [0, 0.1) is 11.8 Å². The zero-order valence-corrected chi connectivity index (χ0v) is 10.3. The van der Waals surface area contributed by atoms with E-state index >= 15 is 0 Å². The van der Waals surface area contributed by atoms with Gasteiger partial charge in [-0.15, -0.1) is 0 Å². The summed E-state index contributed by atoms with van der Waals surface area (Å²) < 4.78 is 5.86. The average Bonchev–Trinajstić information content (AvgIpc) is 3.12. The second-order valence-electron chi connectivity index (χ2n) is 5.77. The Hall–Kier alpha value is -0.120. The highest BCUT2D eigenvalue weighted by Crippen LogP contribution is 2.40. The average molecular weight is 227 g/mol. The fraction of sp³-hybridized carbons (Fsp3) is 1.00. The number of ether oxygens (including phenoxy) is 1. The maximum atomic E-state index is 10.3. The van der Waals surface area contributed by atoms with Crippen molar-refractivity contribution in [2.75, 3.05) is 13.2 Å². The third-order valence-electron chi connectivity index (χ3n) is 4.22. The molecule has 0 aromatic heterocycles. The molecule has 94 valence electrons. The molecule has 0 radical (unpaired) electrons. The third-order valence-corrected chi connectivity index (χ3v) is 4.22. The second-order valence-corrected chi connectivity index (χ2v) is 5.77. The van der Waals surface area contributed by atoms with Gasteiger partial charge in [0.05, 0.1) is 12.7 Å². The van der Waals surface area contributed by atoms with Gasteiger partial charge in [0.1, 0.15) is 5.60 Å². The lowest BCUT2D eigenvalue weighted by Gasteiger charge is -2.31. The van der Waals surface area contributed by atoms with Crippen molar-refractivity contribution >= 4 is 0 Å². The van der Waals surface area contributed by atoms with Gasteiger partial charge in [0.2, 0.25) is 0 Å². The fourth-order valence-electron chi connectivity index (χ4n) is 2.62. The molecule has 1 unspecified atom stereocenters. The topological polar surface area (TPSA) is 55.5 Å². The number of hydrogen-bond acceptors (Lipinski definition) is 3. The summed E-state index contributed by atoms with van der Waals surface area (Å²) in [6.07, 6.45) is 7.38. The van der Waals surface area contributed by atoms with E-state index in [-0.39, 0.29) is 0 Å². The van der Waals surface area contributed by atoms with E-state index in [2.05, 4.69) is 6.92 Å². The minimum atomic E-state index is -0.747. The molecule has 2 fully saturated rings. The highest BCUT2D eigenvalue weighted by atomic mass is 16.5. The summed E-state index contributed by atoms with van der Waals surface area (Å²) in [6, 6.07) is 0. The van der Waals surface area contributed by atoms with Gasteiger partial charge >= 0.3 is 0 Å². The van der Waals surface area contributed by atoms with E-state index in [1.54, 1.807) is 0 Å². The molecule has 3 nitrogen and oxygen atoms in total. The predicted octanol–water partition coefficient (Wildman–Crippen LogP) is 1.68. The minimum absolute atomic E-state index is 0.334. The lowest BCUT2D eigenvalue weighted by atomic mass is 9.89. The molecular formula is C13H25NO2. The van der Waals surface area contributed by atoms with Crippen molar-refractivity contribution in [3.05, 3.63) is 0 Å². The fourth-order valence-corrected chi connectivity index (χ4v) is 2.62. The van der Waals surface area contributed by atoms with Crippen LogP contribution in [-0.2, 0) is 4.74 Å². The van der Waals surface area contributed by atoms with E-state index in [1.165, 1.54) is 12.8 Å². The van der Waals surface area contributed by atoms with E-state index in [0.717, 1.165) is 31.6 Å². The van der Waals surface area contributed by atoms with Crippen molar-refractivity contribution in [2.45, 2.75) is 57.2 Å². The SMILES string of the molecule is CC1CCC(OCC(O)(CN)C2CC2)CC1. The molecule has 1 atom stereocenters. The van der Waals surface area contributed by atoms with Gasteiger partial charge in [-0.05, 0) is 50.4 Å². The van der Waals surface area contributed by atoms with Crippen LogP contribution in [-0.4, -0.2) is 30.0 Å². The lowest BCUT2D eigenvalue weighted by Crippen LogP contribution is -2.45. The van der Waals surface area contributed by atoms with Gasteiger partial charge in [-0.1, -0.05) is 6.92 Å². The summed E-state index contributed by atoms with van der Waals surface area (Å²) in [5, 5.41) is 10.3. The Bertz CT molecular complexity index is 222. The number of hydrogen-bond donors (Lipinski definition) is 2. The Morgan fingerprint density at radius 2 is 1.81 bits per heavy atom. The Balaban J connectivity index is 1.73. The van der Waals surface area contributed by atoms with Crippen molar-refractivity contribution in [3.63, 3.8) is 0 Å². The first-order valence-corrected chi connectivity index (χ1v) is 6.68. The van der Waals surface area contributed by atoms with Crippen LogP contribution in [0.3, 0.4) is 0 Å². The van der Waals surface area contributed by atoms with Crippen molar-refractivity contribution in [1.82, 2.24) is 0 Å². The quantitative estimate of drug-likeness (QED) is 0.751. The number of nitrogens with two attached hydrogens (primary N) is 1. The normalized spacial score (nSPS) is 34.7. The Morgan fingerprint density at radius 3 is 2.31 bits per heavy atom. The molecule has 3 heteroatoms. The minimum Gasteiger partial charge on any atom is -0.386 e. The summed E-state index contributed by atoms with van der Waals surface area (Å²) in [6.45, 7) is 3.07. The summed E-state index contributed by atoms with van der Waals surface area (Å²) in [5.41, 5.74) is 4.91. The molecule has 0 spiro atoms. The Morgan fingerprint density at radius 1 is 1.19 bits per heavy atom. The zero-order chi connectivity index (χ0) is 11.6. The van der Waals surface area contributed by atoms with Crippen molar-refractivity contribution in [2.24, 2.45) is 17.6 Å².